The van der Waals surface area contributed by atoms with Crippen LogP contribution in [0.3, 0.4) is 0 Å². The van der Waals surface area contributed by atoms with Gasteiger partial charge in [0, 0.05) is 5.71 Å². The minimum atomic E-state index is -2.74. The maximum Gasteiger partial charge on any atom is 0.344 e. The van der Waals surface area contributed by atoms with Gasteiger partial charge in [-0.25, -0.2) is 13.6 Å². The summed E-state index contributed by atoms with van der Waals surface area (Å²) < 4.78 is 25.1. The molecule has 94 valence electrons. The molecule has 0 aromatic carbocycles. The van der Waals surface area contributed by atoms with Gasteiger partial charge in [-0.05, 0) is 19.4 Å². The second-order valence-corrected chi connectivity index (χ2v) is 4.13. The summed E-state index contributed by atoms with van der Waals surface area (Å²) in [6.07, 6.45) is 3.98. The fourth-order valence-corrected chi connectivity index (χ4v) is 1.31. The summed E-state index contributed by atoms with van der Waals surface area (Å²) >= 11 is 0. The van der Waals surface area contributed by atoms with Gasteiger partial charge in [0.1, 0.15) is 0 Å². The van der Waals surface area contributed by atoms with Gasteiger partial charge in [-0.15, -0.1) is 0 Å². The average molecular weight is 242 g/mol. The van der Waals surface area contributed by atoms with Crippen LogP contribution < -0.4 is 0 Å². The number of urea groups is 1. The van der Waals surface area contributed by atoms with Crippen LogP contribution in [0.25, 0.3) is 0 Å². The summed E-state index contributed by atoms with van der Waals surface area (Å²) in [5.74, 6) is -2.74. The zero-order chi connectivity index (χ0) is 13.1. The Kier molecular flexibility index (Phi) is 4.15. The highest BCUT2D eigenvalue weighted by Crippen LogP contribution is 2.26. The van der Waals surface area contributed by atoms with Crippen molar-refractivity contribution in [2.75, 3.05) is 13.1 Å². The summed E-state index contributed by atoms with van der Waals surface area (Å²) in [7, 11) is 0. The van der Waals surface area contributed by atoms with Crippen LogP contribution in [0.4, 0.5) is 13.6 Å². The predicted molar refractivity (Wildman–Crippen MR) is 63.6 cm³/mol. The Hall–Kier alpha value is -1.52. The van der Waals surface area contributed by atoms with E-state index < -0.39 is 25.0 Å². The molecule has 0 spiro atoms. The molecule has 3 nitrogen and oxygen atoms in total. The van der Waals surface area contributed by atoms with Crippen molar-refractivity contribution in [1.29, 1.82) is 0 Å². The number of likely N-dealkylation sites (tertiary alicyclic amines) is 1. The second-order valence-electron chi connectivity index (χ2n) is 4.13. The number of carbonyl (C=O) groups is 1. The fraction of sp³-hybridized carbons (Fsp3) is 0.500. The van der Waals surface area contributed by atoms with E-state index in [1.807, 2.05) is 13.8 Å². The van der Waals surface area contributed by atoms with Crippen molar-refractivity contribution in [3.8, 4) is 0 Å². The Balaban J connectivity index is 2.60. The lowest BCUT2D eigenvalue weighted by molar-refractivity contribution is -0.108. The number of rotatable bonds is 3. The van der Waals surface area contributed by atoms with Crippen molar-refractivity contribution in [2.24, 2.45) is 4.99 Å². The van der Waals surface area contributed by atoms with Gasteiger partial charge in [0.25, 0.3) is 5.92 Å². The van der Waals surface area contributed by atoms with E-state index in [0.717, 1.165) is 10.5 Å². The monoisotopic (exact) mass is 242 g/mol. The Bertz CT molecular complexity index is 378. The van der Waals surface area contributed by atoms with Crippen molar-refractivity contribution in [1.82, 2.24) is 4.90 Å². The molecule has 0 atom stereocenters. The Morgan fingerprint density at radius 2 is 2.06 bits per heavy atom. The first-order valence-corrected chi connectivity index (χ1v) is 5.42. The number of halogens is 2. The van der Waals surface area contributed by atoms with Gasteiger partial charge in [-0.3, -0.25) is 0 Å². The van der Waals surface area contributed by atoms with E-state index >= 15 is 0 Å². The molecule has 0 bridgehead atoms. The molecule has 5 heteroatoms. The molecule has 0 aliphatic carbocycles. The van der Waals surface area contributed by atoms with Gasteiger partial charge in [0.15, 0.2) is 0 Å². The highest BCUT2D eigenvalue weighted by Gasteiger charge is 2.46. The minimum absolute atomic E-state index is 0.531. The molecule has 0 unspecified atom stereocenters. The Morgan fingerprint density at radius 1 is 1.47 bits per heavy atom. The van der Waals surface area contributed by atoms with Crippen molar-refractivity contribution < 1.29 is 13.6 Å². The molecule has 1 rings (SSSR count). The third-order valence-corrected chi connectivity index (χ3v) is 2.28. The smallest absolute Gasteiger partial charge is 0.311 e. The molecule has 1 heterocycles. The summed E-state index contributed by atoms with van der Waals surface area (Å²) in [6, 6.07) is -0.598. The third kappa shape index (κ3) is 4.09. The number of hydrogen-bond donors (Lipinski definition) is 0. The van der Waals surface area contributed by atoms with Gasteiger partial charge in [0.05, 0.1) is 13.1 Å². The minimum Gasteiger partial charge on any atom is -0.311 e. The van der Waals surface area contributed by atoms with Crippen molar-refractivity contribution in [3.05, 3.63) is 24.3 Å². The third-order valence-electron chi connectivity index (χ3n) is 2.28. The SMILES string of the molecule is C=C(C)/C=C\C(CC)=NC(=O)N1CC(F)(F)C1. The number of allylic oxidation sites excluding steroid dienone is 3. The number of aliphatic imine (C=N–C) groups is 1. The van der Waals surface area contributed by atoms with Crippen molar-refractivity contribution >= 4 is 11.7 Å². The standard InChI is InChI=1S/C12H16F2N2O/c1-4-10(6-5-9(2)3)15-11(17)16-7-12(13,14)8-16/h5-6H,2,4,7-8H2,1,3H3/b6-5-,15-10?. The Morgan fingerprint density at radius 3 is 2.47 bits per heavy atom. The lowest BCUT2D eigenvalue weighted by atomic mass is 10.1. The number of alkyl halides is 2. The number of amides is 2. The second kappa shape index (κ2) is 5.21. The molecule has 1 saturated heterocycles. The van der Waals surface area contributed by atoms with Crippen molar-refractivity contribution in [2.45, 2.75) is 26.2 Å². The number of nitrogens with zero attached hydrogens (tertiary/aromatic N) is 2. The number of hydrogen-bond acceptors (Lipinski definition) is 1. The fourth-order valence-electron chi connectivity index (χ4n) is 1.31. The molecule has 0 aromatic heterocycles. The van der Waals surface area contributed by atoms with Crippen LogP contribution in [0.1, 0.15) is 20.3 Å². The summed E-state index contributed by atoms with van der Waals surface area (Å²) in [5.41, 5.74) is 1.40. The van der Waals surface area contributed by atoms with Crippen LogP contribution in [0.5, 0.6) is 0 Å². The lowest BCUT2D eigenvalue weighted by Gasteiger charge is -2.37. The van der Waals surface area contributed by atoms with E-state index in [9.17, 15) is 13.6 Å². The van der Waals surface area contributed by atoms with E-state index in [1.165, 1.54) is 0 Å². The van der Waals surface area contributed by atoms with Crippen LogP contribution in [-0.2, 0) is 0 Å². The highest BCUT2D eigenvalue weighted by molar-refractivity contribution is 6.02. The van der Waals surface area contributed by atoms with Gasteiger partial charge in [-0.1, -0.05) is 25.2 Å². The van der Waals surface area contributed by atoms with Gasteiger partial charge in [-0.2, -0.15) is 4.99 Å². The van der Waals surface area contributed by atoms with Crippen LogP contribution in [0.15, 0.2) is 29.3 Å². The molecule has 0 aromatic rings. The summed E-state index contributed by atoms with van der Waals surface area (Å²) in [5, 5.41) is 0. The maximum absolute atomic E-state index is 12.6. The molecule has 2 amide bonds. The first-order chi connectivity index (χ1) is 7.84. The molecular weight excluding hydrogens is 226 g/mol. The normalized spacial score (nSPS) is 19.3. The van der Waals surface area contributed by atoms with Gasteiger partial charge >= 0.3 is 6.03 Å². The maximum atomic E-state index is 12.6. The summed E-state index contributed by atoms with van der Waals surface area (Å²) in [4.78, 5) is 16.3. The Labute approximate surface area is 99.5 Å². The predicted octanol–water partition coefficient (Wildman–Crippen LogP) is 3.04. The van der Waals surface area contributed by atoms with Gasteiger partial charge in [0.2, 0.25) is 0 Å². The number of carbonyl (C=O) groups excluding carboxylic acids is 1. The topological polar surface area (TPSA) is 32.7 Å². The van der Waals surface area contributed by atoms with E-state index in [-0.39, 0.29) is 0 Å². The molecule has 1 aliphatic rings. The zero-order valence-corrected chi connectivity index (χ0v) is 10.0. The van der Waals surface area contributed by atoms with E-state index in [0.29, 0.717) is 12.1 Å². The molecule has 1 fully saturated rings. The highest BCUT2D eigenvalue weighted by atomic mass is 19.3. The molecule has 0 N–H and O–H groups in total. The largest absolute Gasteiger partial charge is 0.344 e. The van der Waals surface area contributed by atoms with Gasteiger partial charge < -0.3 is 4.90 Å². The van der Waals surface area contributed by atoms with Crippen LogP contribution in [0.2, 0.25) is 0 Å². The first-order valence-electron chi connectivity index (χ1n) is 5.42. The van der Waals surface area contributed by atoms with Crippen LogP contribution in [0, 0.1) is 0 Å². The average Bonchev–Trinajstić information content (AvgIpc) is 2.20. The van der Waals surface area contributed by atoms with E-state index in [1.54, 1.807) is 12.2 Å². The lowest BCUT2D eigenvalue weighted by Crippen LogP contribution is -2.57. The summed E-state index contributed by atoms with van der Waals surface area (Å²) in [6.45, 7) is 6.29. The van der Waals surface area contributed by atoms with E-state index in [4.69, 9.17) is 0 Å². The first kappa shape index (κ1) is 13.5. The molecule has 0 radical (unpaired) electrons. The van der Waals surface area contributed by atoms with Crippen LogP contribution in [-0.4, -0.2) is 35.7 Å². The molecule has 1 aliphatic heterocycles. The quantitative estimate of drug-likeness (QED) is 0.553. The van der Waals surface area contributed by atoms with E-state index in [2.05, 4.69) is 11.6 Å². The van der Waals surface area contributed by atoms with Crippen LogP contribution >= 0.6 is 0 Å². The molecule has 17 heavy (non-hydrogen) atoms. The molecular formula is C12H16F2N2O. The zero-order valence-electron chi connectivity index (χ0n) is 10.0. The molecule has 0 saturated carbocycles. The van der Waals surface area contributed by atoms with Crippen molar-refractivity contribution in [3.63, 3.8) is 0 Å².